The van der Waals surface area contributed by atoms with Crippen LogP contribution in [0.3, 0.4) is 0 Å². The second-order valence-corrected chi connectivity index (χ2v) is 5.70. The zero-order valence-corrected chi connectivity index (χ0v) is 14.3. The maximum Gasteiger partial charge on any atom is 0.224 e. The van der Waals surface area contributed by atoms with Gasteiger partial charge in [-0.1, -0.05) is 38.1 Å². The first kappa shape index (κ1) is 17.7. The van der Waals surface area contributed by atoms with Gasteiger partial charge in [-0.2, -0.15) is 0 Å². The molecular weight excluding hydrogens is 300 g/mol. The Morgan fingerprint density at radius 2 is 1.17 bits per heavy atom. The van der Waals surface area contributed by atoms with E-state index < -0.39 is 0 Å². The Kier molecular flexibility index (Phi) is 6.55. The SMILES string of the molecule is CCc1cccc(NC(=O)CCC(=O)Nc2cccc(CC)c2)c1. The summed E-state index contributed by atoms with van der Waals surface area (Å²) in [5, 5.41) is 5.67. The molecule has 24 heavy (non-hydrogen) atoms. The van der Waals surface area contributed by atoms with Gasteiger partial charge in [0.1, 0.15) is 0 Å². The van der Waals surface area contributed by atoms with Crippen LogP contribution in [0.25, 0.3) is 0 Å². The Morgan fingerprint density at radius 1 is 0.750 bits per heavy atom. The van der Waals surface area contributed by atoms with Crippen molar-refractivity contribution < 1.29 is 9.59 Å². The molecule has 4 heteroatoms. The topological polar surface area (TPSA) is 58.2 Å². The van der Waals surface area contributed by atoms with Crippen molar-refractivity contribution in [1.29, 1.82) is 0 Å². The van der Waals surface area contributed by atoms with E-state index in [1.54, 1.807) is 0 Å². The highest BCUT2D eigenvalue weighted by Crippen LogP contribution is 2.13. The summed E-state index contributed by atoms with van der Waals surface area (Å²) in [6, 6.07) is 15.5. The zero-order valence-electron chi connectivity index (χ0n) is 14.3. The lowest BCUT2D eigenvalue weighted by atomic mass is 10.1. The van der Waals surface area contributed by atoms with Gasteiger partial charge in [-0.3, -0.25) is 9.59 Å². The van der Waals surface area contributed by atoms with Crippen LogP contribution in [0.5, 0.6) is 0 Å². The van der Waals surface area contributed by atoms with Crippen LogP contribution in [0.2, 0.25) is 0 Å². The van der Waals surface area contributed by atoms with Crippen LogP contribution in [-0.4, -0.2) is 11.8 Å². The molecular formula is C20H24N2O2. The molecule has 0 aromatic heterocycles. The number of benzene rings is 2. The van der Waals surface area contributed by atoms with E-state index >= 15 is 0 Å². The van der Waals surface area contributed by atoms with E-state index in [2.05, 4.69) is 24.5 Å². The first-order valence-corrected chi connectivity index (χ1v) is 8.38. The predicted molar refractivity (Wildman–Crippen MR) is 98.1 cm³/mol. The summed E-state index contributed by atoms with van der Waals surface area (Å²) in [7, 11) is 0. The van der Waals surface area contributed by atoms with Crippen molar-refractivity contribution >= 4 is 23.2 Å². The average Bonchev–Trinajstić information content (AvgIpc) is 2.60. The molecule has 2 rings (SSSR count). The lowest BCUT2D eigenvalue weighted by molar-refractivity contribution is -0.121. The molecule has 2 aromatic carbocycles. The Labute approximate surface area is 143 Å². The predicted octanol–water partition coefficient (Wildman–Crippen LogP) is 4.17. The minimum atomic E-state index is -0.152. The molecule has 0 aliphatic heterocycles. The van der Waals surface area contributed by atoms with Gasteiger partial charge in [0, 0.05) is 24.2 Å². The average molecular weight is 324 g/mol. The van der Waals surface area contributed by atoms with Gasteiger partial charge in [0.15, 0.2) is 0 Å². The third-order valence-electron chi connectivity index (χ3n) is 3.82. The van der Waals surface area contributed by atoms with Gasteiger partial charge in [-0.25, -0.2) is 0 Å². The van der Waals surface area contributed by atoms with E-state index in [1.165, 1.54) is 11.1 Å². The fourth-order valence-electron chi connectivity index (χ4n) is 2.41. The molecule has 0 bridgehead atoms. The summed E-state index contributed by atoms with van der Waals surface area (Å²) >= 11 is 0. The molecule has 0 fully saturated rings. The summed E-state index contributed by atoms with van der Waals surface area (Å²) < 4.78 is 0. The number of nitrogens with one attached hydrogen (secondary N) is 2. The maximum atomic E-state index is 12.0. The Balaban J connectivity index is 1.81. The van der Waals surface area contributed by atoms with E-state index in [0.29, 0.717) is 0 Å². The van der Waals surface area contributed by atoms with Gasteiger partial charge in [0.05, 0.1) is 0 Å². The first-order valence-electron chi connectivity index (χ1n) is 8.38. The van der Waals surface area contributed by atoms with E-state index in [0.717, 1.165) is 24.2 Å². The number of carbonyl (C=O) groups excluding carboxylic acids is 2. The van der Waals surface area contributed by atoms with Crippen molar-refractivity contribution in [1.82, 2.24) is 0 Å². The molecule has 0 saturated heterocycles. The fourth-order valence-corrected chi connectivity index (χ4v) is 2.41. The molecule has 0 saturated carbocycles. The van der Waals surface area contributed by atoms with Crippen LogP contribution in [-0.2, 0) is 22.4 Å². The van der Waals surface area contributed by atoms with E-state index in [-0.39, 0.29) is 24.7 Å². The number of anilines is 2. The monoisotopic (exact) mass is 324 g/mol. The number of amides is 2. The van der Waals surface area contributed by atoms with Crippen molar-refractivity contribution in [3.05, 3.63) is 59.7 Å². The summed E-state index contributed by atoms with van der Waals surface area (Å²) in [4.78, 5) is 24.0. The van der Waals surface area contributed by atoms with Gasteiger partial charge in [-0.15, -0.1) is 0 Å². The number of hydrogen-bond acceptors (Lipinski definition) is 2. The summed E-state index contributed by atoms with van der Waals surface area (Å²) in [5.41, 5.74) is 3.88. The second-order valence-electron chi connectivity index (χ2n) is 5.70. The molecule has 0 spiro atoms. The number of hydrogen-bond donors (Lipinski definition) is 2. The maximum absolute atomic E-state index is 12.0. The highest BCUT2D eigenvalue weighted by Gasteiger charge is 2.08. The Morgan fingerprint density at radius 3 is 1.54 bits per heavy atom. The lowest BCUT2D eigenvalue weighted by Crippen LogP contribution is -2.17. The van der Waals surface area contributed by atoms with E-state index in [9.17, 15) is 9.59 Å². The highest BCUT2D eigenvalue weighted by molar-refractivity contribution is 5.96. The normalized spacial score (nSPS) is 10.2. The second kappa shape index (κ2) is 8.87. The lowest BCUT2D eigenvalue weighted by Gasteiger charge is -2.08. The van der Waals surface area contributed by atoms with Crippen LogP contribution in [0.15, 0.2) is 48.5 Å². The Hall–Kier alpha value is -2.62. The largest absolute Gasteiger partial charge is 0.326 e. The van der Waals surface area contributed by atoms with Gasteiger partial charge < -0.3 is 10.6 Å². The molecule has 0 heterocycles. The summed E-state index contributed by atoms with van der Waals surface area (Å²) in [6.07, 6.45) is 2.16. The molecule has 0 aliphatic carbocycles. The standard InChI is InChI=1S/C20H24N2O2/c1-3-15-7-5-9-17(13-15)21-19(23)11-12-20(24)22-18-10-6-8-16(4-2)14-18/h5-10,13-14H,3-4,11-12H2,1-2H3,(H,21,23)(H,22,24). The summed E-state index contributed by atoms with van der Waals surface area (Å²) in [6.45, 7) is 4.14. The van der Waals surface area contributed by atoms with Crippen LogP contribution in [0, 0.1) is 0 Å². The zero-order chi connectivity index (χ0) is 17.4. The van der Waals surface area contributed by atoms with Gasteiger partial charge in [-0.05, 0) is 48.2 Å². The molecule has 126 valence electrons. The van der Waals surface area contributed by atoms with E-state index in [1.807, 2.05) is 48.5 Å². The van der Waals surface area contributed by atoms with Gasteiger partial charge >= 0.3 is 0 Å². The third-order valence-corrected chi connectivity index (χ3v) is 3.82. The molecule has 2 aromatic rings. The fraction of sp³-hybridized carbons (Fsp3) is 0.300. The highest BCUT2D eigenvalue weighted by atomic mass is 16.2. The third kappa shape index (κ3) is 5.54. The van der Waals surface area contributed by atoms with Crippen LogP contribution in [0.1, 0.15) is 37.8 Å². The van der Waals surface area contributed by atoms with Crippen LogP contribution in [0.4, 0.5) is 11.4 Å². The van der Waals surface area contributed by atoms with Crippen molar-refractivity contribution in [3.63, 3.8) is 0 Å². The minimum absolute atomic E-state index is 0.152. The van der Waals surface area contributed by atoms with Gasteiger partial charge in [0.25, 0.3) is 0 Å². The first-order chi connectivity index (χ1) is 11.6. The molecule has 2 N–H and O–H groups in total. The van der Waals surface area contributed by atoms with Crippen molar-refractivity contribution in [2.24, 2.45) is 0 Å². The number of rotatable bonds is 7. The Bertz CT molecular complexity index is 649. The molecule has 0 aliphatic rings. The molecule has 0 unspecified atom stereocenters. The molecule has 0 atom stereocenters. The van der Waals surface area contributed by atoms with Crippen molar-refractivity contribution in [3.8, 4) is 0 Å². The van der Waals surface area contributed by atoms with Crippen molar-refractivity contribution in [2.75, 3.05) is 10.6 Å². The van der Waals surface area contributed by atoms with Crippen LogP contribution < -0.4 is 10.6 Å². The number of aryl methyl sites for hydroxylation is 2. The quantitative estimate of drug-likeness (QED) is 0.803. The minimum Gasteiger partial charge on any atom is -0.326 e. The molecule has 0 radical (unpaired) electrons. The molecule has 2 amide bonds. The van der Waals surface area contributed by atoms with Crippen LogP contribution >= 0.6 is 0 Å². The van der Waals surface area contributed by atoms with E-state index in [4.69, 9.17) is 0 Å². The van der Waals surface area contributed by atoms with Gasteiger partial charge in [0.2, 0.25) is 11.8 Å². The summed E-state index contributed by atoms with van der Waals surface area (Å²) in [5.74, 6) is -0.304. The van der Waals surface area contributed by atoms with Crippen molar-refractivity contribution in [2.45, 2.75) is 39.5 Å². The smallest absolute Gasteiger partial charge is 0.224 e. The number of carbonyl (C=O) groups is 2. The molecule has 4 nitrogen and oxygen atoms in total.